The maximum absolute atomic E-state index is 13.3. The molecule has 0 fully saturated rings. The van der Waals surface area contributed by atoms with Gasteiger partial charge in [0, 0.05) is 30.8 Å². The van der Waals surface area contributed by atoms with Crippen LogP contribution in [0.2, 0.25) is 0 Å². The fraction of sp³-hybridized carbons (Fsp3) is 0.269. The van der Waals surface area contributed by atoms with Crippen LogP contribution in [0.4, 0.5) is 30.7 Å². The molecule has 3 rings (SSSR count). The van der Waals surface area contributed by atoms with Gasteiger partial charge in [-0.15, -0.1) is 0 Å². The largest absolute Gasteiger partial charge is 0.490 e. The lowest BCUT2D eigenvalue weighted by Gasteiger charge is -2.18. The van der Waals surface area contributed by atoms with Crippen LogP contribution in [-0.4, -0.2) is 62.9 Å². The highest BCUT2D eigenvalue weighted by Crippen LogP contribution is 2.28. The minimum absolute atomic E-state index is 0.102. The van der Waals surface area contributed by atoms with Gasteiger partial charge in [0.1, 0.15) is 5.82 Å². The average Bonchev–Trinajstić information content (AvgIpc) is 3.44. The number of aromatic nitrogens is 2. The molecule has 234 valence electrons. The standard InChI is InChI=1S/C22H24FN5O.2C2HF3O2/c23-18-10-8-17(9-11-18)20(16-5-2-1-3-6-16)13-21(29)28-22(24)26-12-4-7-19-14-25-15-27-19;2*3-2(4,5)1(6)7/h1-3,5-6,8-11,14-15,20H,4,7,12-13H2,(H,25,27)(H3,24,26,28,29);2*(H,6,7). The van der Waals surface area contributed by atoms with Crippen molar-refractivity contribution in [2.75, 3.05) is 6.54 Å². The molecule has 1 atom stereocenters. The Morgan fingerprint density at radius 2 is 1.42 bits per heavy atom. The minimum Gasteiger partial charge on any atom is -0.475 e. The quantitative estimate of drug-likeness (QED) is 0.107. The predicted octanol–water partition coefficient (Wildman–Crippen LogP) is 4.40. The van der Waals surface area contributed by atoms with E-state index in [1.165, 1.54) is 12.1 Å². The van der Waals surface area contributed by atoms with E-state index in [1.807, 2.05) is 30.3 Å². The third kappa shape index (κ3) is 15.0. The van der Waals surface area contributed by atoms with Crippen LogP contribution in [0.1, 0.15) is 35.6 Å². The fourth-order valence-corrected chi connectivity index (χ4v) is 3.12. The van der Waals surface area contributed by atoms with Gasteiger partial charge in [-0.05, 0) is 36.1 Å². The van der Waals surface area contributed by atoms with Crippen molar-refractivity contribution in [1.29, 1.82) is 0 Å². The molecule has 43 heavy (non-hydrogen) atoms. The van der Waals surface area contributed by atoms with Crippen LogP contribution in [0.25, 0.3) is 0 Å². The van der Waals surface area contributed by atoms with Gasteiger partial charge in [0.05, 0.1) is 6.33 Å². The van der Waals surface area contributed by atoms with Gasteiger partial charge in [0.25, 0.3) is 0 Å². The molecule has 0 aliphatic carbocycles. The van der Waals surface area contributed by atoms with Gasteiger partial charge in [0.2, 0.25) is 5.91 Å². The summed E-state index contributed by atoms with van der Waals surface area (Å²) >= 11 is 0. The molecule has 0 bridgehead atoms. The Kier molecular flexibility index (Phi) is 14.3. The summed E-state index contributed by atoms with van der Waals surface area (Å²) < 4.78 is 76.8. The maximum Gasteiger partial charge on any atom is 0.490 e. The third-order valence-corrected chi connectivity index (χ3v) is 5.06. The van der Waals surface area contributed by atoms with E-state index in [0.29, 0.717) is 6.54 Å². The molecule has 0 radical (unpaired) electrons. The van der Waals surface area contributed by atoms with E-state index in [-0.39, 0.29) is 30.0 Å². The Labute approximate surface area is 239 Å². The van der Waals surface area contributed by atoms with Gasteiger partial charge in [-0.2, -0.15) is 26.3 Å². The first-order valence-corrected chi connectivity index (χ1v) is 12.0. The lowest BCUT2D eigenvalue weighted by Crippen LogP contribution is -2.37. The molecule has 0 aliphatic rings. The molecule has 1 amide bonds. The normalized spacial score (nSPS) is 12.1. The Morgan fingerprint density at radius 3 is 1.88 bits per heavy atom. The van der Waals surface area contributed by atoms with Crippen LogP contribution in [0.5, 0.6) is 0 Å². The number of aliphatic imine (C=N–C) groups is 1. The number of carbonyl (C=O) groups is 3. The Balaban J connectivity index is 0.000000548. The Bertz CT molecular complexity index is 1290. The number of amides is 1. The van der Waals surface area contributed by atoms with Gasteiger partial charge in [0.15, 0.2) is 5.96 Å². The highest BCUT2D eigenvalue weighted by molar-refractivity contribution is 5.96. The predicted molar refractivity (Wildman–Crippen MR) is 138 cm³/mol. The number of H-pyrrole nitrogens is 1. The first-order valence-electron chi connectivity index (χ1n) is 12.0. The molecule has 17 heteroatoms. The molecule has 0 aliphatic heterocycles. The van der Waals surface area contributed by atoms with Crippen LogP contribution >= 0.6 is 0 Å². The van der Waals surface area contributed by atoms with Gasteiger partial charge in [-0.1, -0.05) is 42.5 Å². The summed E-state index contributed by atoms with van der Waals surface area (Å²) in [7, 11) is 0. The highest BCUT2D eigenvalue weighted by Gasteiger charge is 2.38. The number of hydrogen-bond acceptors (Lipinski definition) is 5. The molecule has 1 unspecified atom stereocenters. The van der Waals surface area contributed by atoms with Crippen LogP contribution in [0, 0.1) is 5.82 Å². The summed E-state index contributed by atoms with van der Waals surface area (Å²) in [4.78, 5) is 41.5. The number of halogens is 7. The van der Waals surface area contributed by atoms with Crippen LogP contribution in [0.3, 0.4) is 0 Å². The minimum atomic E-state index is -5.08. The summed E-state index contributed by atoms with van der Waals surface area (Å²) in [6.45, 7) is 0.505. The molecular weight excluding hydrogens is 595 g/mol. The summed E-state index contributed by atoms with van der Waals surface area (Å²) in [5.41, 5.74) is 8.73. The van der Waals surface area contributed by atoms with E-state index < -0.39 is 24.3 Å². The number of nitrogens with two attached hydrogens (primary N) is 1. The smallest absolute Gasteiger partial charge is 0.475 e. The van der Waals surface area contributed by atoms with Crippen LogP contribution < -0.4 is 11.1 Å². The molecule has 1 heterocycles. The van der Waals surface area contributed by atoms with Gasteiger partial charge >= 0.3 is 24.3 Å². The van der Waals surface area contributed by atoms with Crippen molar-refractivity contribution < 1.29 is 55.3 Å². The summed E-state index contributed by atoms with van der Waals surface area (Å²) in [6, 6.07) is 15.9. The number of aliphatic carboxylic acids is 2. The van der Waals surface area contributed by atoms with Crippen LogP contribution in [-0.2, 0) is 20.8 Å². The summed E-state index contributed by atoms with van der Waals surface area (Å²) in [5, 5.41) is 16.9. The fourth-order valence-electron chi connectivity index (χ4n) is 3.12. The van der Waals surface area contributed by atoms with Crippen molar-refractivity contribution in [3.05, 3.63) is 89.8 Å². The van der Waals surface area contributed by atoms with E-state index in [0.717, 1.165) is 29.7 Å². The maximum atomic E-state index is 13.3. The number of aryl methyl sites for hydroxylation is 1. The number of benzene rings is 2. The lowest BCUT2D eigenvalue weighted by molar-refractivity contribution is -0.193. The number of carboxylic acids is 2. The zero-order valence-corrected chi connectivity index (χ0v) is 22.0. The van der Waals surface area contributed by atoms with E-state index in [2.05, 4.69) is 20.3 Å². The number of hydrogen-bond donors (Lipinski definition) is 5. The number of nitrogens with one attached hydrogen (secondary N) is 2. The van der Waals surface area contributed by atoms with Gasteiger partial charge in [-0.25, -0.2) is 19.0 Å². The number of guanidine groups is 1. The summed E-state index contributed by atoms with van der Waals surface area (Å²) in [5.74, 6) is -6.16. The van der Waals surface area contributed by atoms with Gasteiger partial charge < -0.3 is 20.9 Å². The second kappa shape index (κ2) is 17.1. The van der Waals surface area contributed by atoms with Gasteiger partial charge in [-0.3, -0.25) is 15.1 Å². The van der Waals surface area contributed by atoms with Crippen LogP contribution in [0.15, 0.2) is 72.1 Å². The van der Waals surface area contributed by atoms with E-state index in [4.69, 9.17) is 25.5 Å². The number of alkyl halides is 6. The number of carboxylic acid groups (broad SMARTS) is 2. The molecule has 6 N–H and O–H groups in total. The molecule has 10 nitrogen and oxygen atoms in total. The SMILES string of the molecule is NC(=NCCCc1cnc[nH]1)NC(=O)CC(c1ccccc1)c1ccc(F)cc1.O=C(O)C(F)(F)F.O=C(O)C(F)(F)F. The molecule has 0 saturated carbocycles. The van der Waals surface area contributed by atoms with Crippen molar-refractivity contribution in [2.24, 2.45) is 10.7 Å². The topological polar surface area (TPSA) is 171 Å². The molecular formula is C26H26F7N5O5. The second-order valence-corrected chi connectivity index (χ2v) is 8.32. The van der Waals surface area contributed by atoms with E-state index in [1.54, 1.807) is 24.7 Å². The monoisotopic (exact) mass is 621 g/mol. The lowest BCUT2D eigenvalue weighted by atomic mass is 9.88. The molecule has 0 saturated heterocycles. The number of carbonyl (C=O) groups excluding carboxylic acids is 1. The summed E-state index contributed by atoms with van der Waals surface area (Å²) in [6.07, 6.45) is -4.97. The van der Waals surface area contributed by atoms with Crippen molar-refractivity contribution in [3.8, 4) is 0 Å². The average molecular weight is 622 g/mol. The van der Waals surface area contributed by atoms with Crippen molar-refractivity contribution in [3.63, 3.8) is 0 Å². The molecule has 2 aromatic carbocycles. The first kappa shape index (κ1) is 36.1. The van der Waals surface area contributed by atoms with Crippen molar-refractivity contribution in [2.45, 2.75) is 37.5 Å². The number of imidazole rings is 1. The zero-order valence-electron chi connectivity index (χ0n) is 22.0. The molecule has 0 spiro atoms. The Hall–Kier alpha value is -4.96. The highest BCUT2D eigenvalue weighted by atomic mass is 19.4. The van der Waals surface area contributed by atoms with Crippen molar-refractivity contribution in [1.82, 2.24) is 15.3 Å². The number of aromatic amines is 1. The van der Waals surface area contributed by atoms with Crippen molar-refractivity contribution >= 4 is 23.8 Å². The number of rotatable bonds is 8. The third-order valence-electron chi connectivity index (χ3n) is 5.06. The second-order valence-electron chi connectivity index (χ2n) is 8.32. The molecule has 3 aromatic rings. The zero-order chi connectivity index (χ0) is 32.6. The number of nitrogens with zero attached hydrogens (tertiary/aromatic N) is 2. The molecule has 1 aromatic heterocycles. The van der Waals surface area contributed by atoms with E-state index in [9.17, 15) is 35.5 Å². The Morgan fingerprint density at radius 1 is 0.907 bits per heavy atom. The first-order chi connectivity index (χ1) is 20.0. The van der Waals surface area contributed by atoms with E-state index >= 15 is 0 Å².